The lowest BCUT2D eigenvalue weighted by atomic mass is 10.0. The van der Waals surface area contributed by atoms with Crippen LogP contribution < -0.4 is 10.1 Å². The number of hydrogen-bond acceptors (Lipinski definition) is 5. The van der Waals surface area contributed by atoms with Crippen LogP contribution in [0.4, 0.5) is 0 Å². The predicted octanol–water partition coefficient (Wildman–Crippen LogP) is 3.40. The highest BCUT2D eigenvalue weighted by Gasteiger charge is 2.33. The maximum atomic E-state index is 12.4. The smallest absolute Gasteiger partial charge is 0.227 e. The third-order valence-corrected chi connectivity index (χ3v) is 4.45. The zero-order valence-electron chi connectivity index (χ0n) is 15.0. The number of aromatic nitrogens is 2. The highest BCUT2D eigenvalue weighted by atomic mass is 16.5. The summed E-state index contributed by atoms with van der Waals surface area (Å²) in [4.78, 5) is 16.7. The topological polar surface area (TPSA) is 77.2 Å². The zero-order valence-corrected chi connectivity index (χ0v) is 15.0. The Morgan fingerprint density at radius 3 is 2.60 bits per heavy atom. The number of nitrogens with zero attached hydrogens (tertiary/aromatic N) is 2. The standard InChI is InChI=1S/C19H25N3O3/c1-12(2)19-21-17(25-22-19)11-10-16(23)20-18(13-4-5-13)14-6-8-15(24-3)9-7-14/h6-9,12-13,18H,4-5,10-11H2,1-3H3,(H,20,23). The fraction of sp³-hybridized carbons (Fsp3) is 0.526. The summed E-state index contributed by atoms with van der Waals surface area (Å²) in [5, 5.41) is 7.09. The van der Waals surface area contributed by atoms with Crippen molar-refractivity contribution in [3.8, 4) is 5.75 Å². The third-order valence-electron chi connectivity index (χ3n) is 4.45. The maximum Gasteiger partial charge on any atom is 0.227 e. The van der Waals surface area contributed by atoms with E-state index in [2.05, 4.69) is 15.5 Å². The quantitative estimate of drug-likeness (QED) is 0.795. The van der Waals surface area contributed by atoms with E-state index >= 15 is 0 Å². The van der Waals surface area contributed by atoms with E-state index in [9.17, 15) is 4.79 Å². The zero-order chi connectivity index (χ0) is 17.8. The van der Waals surface area contributed by atoms with E-state index in [4.69, 9.17) is 9.26 Å². The summed E-state index contributed by atoms with van der Waals surface area (Å²) in [6.07, 6.45) is 3.11. The molecule has 2 aromatic rings. The van der Waals surface area contributed by atoms with Gasteiger partial charge in [-0.15, -0.1) is 0 Å². The lowest BCUT2D eigenvalue weighted by molar-refractivity contribution is -0.122. The summed E-state index contributed by atoms with van der Waals surface area (Å²) in [6.45, 7) is 4.02. The van der Waals surface area contributed by atoms with E-state index in [-0.39, 0.29) is 17.9 Å². The minimum Gasteiger partial charge on any atom is -0.497 e. The lowest BCUT2D eigenvalue weighted by Gasteiger charge is -2.19. The first-order valence-corrected chi connectivity index (χ1v) is 8.82. The number of carbonyl (C=O) groups is 1. The molecule has 1 saturated carbocycles. The molecule has 1 aromatic heterocycles. The fourth-order valence-corrected chi connectivity index (χ4v) is 2.78. The van der Waals surface area contributed by atoms with Gasteiger partial charge in [-0.1, -0.05) is 31.1 Å². The molecule has 0 spiro atoms. The molecule has 6 nitrogen and oxygen atoms in total. The molecule has 0 saturated heterocycles. The molecule has 1 unspecified atom stereocenters. The van der Waals surface area contributed by atoms with Crippen LogP contribution >= 0.6 is 0 Å². The molecular weight excluding hydrogens is 318 g/mol. The second kappa shape index (κ2) is 7.68. The highest BCUT2D eigenvalue weighted by Crippen LogP contribution is 2.41. The second-order valence-electron chi connectivity index (χ2n) is 6.86. The van der Waals surface area contributed by atoms with Crippen molar-refractivity contribution in [2.24, 2.45) is 5.92 Å². The molecular formula is C19H25N3O3. The Bertz CT molecular complexity index is 705. The van der Waals surface area contributed by atoms with Crippen LogP contribution in [0.3, 0.4) is 0 Å². The van der Waals surface area contributed by atoms with Gasteiger partial charge in [0.25, 0.3) is 0 Å². The number of carbonyl (C=O) groups excluding carboxylic acids is 1. The largest absolute Gasteiger partial charge is 0.497 e. The first-order chi connectivity index (χ1) is 12.1. The Labute approximate surface area is 148 Å². The predicted molar refractivity (Wildman–Crippen MR) is 93.3 cm³/mol. The van der Waals surface area contributed by atoms with Crippen molar-refractivity contribution < 1.29 is 14.1 Å². The van der Waals surface area contributed by atoms with Crippen LogP contribution in [-0.4, -0.2) is 23.2 Å². The number of ether oxygens (including phenoxy) is 1. The molecule has 1 aromatic carbocycles. The number of methoxy groups -OCH3 is 1. The fourth-order valence-electron chi connectivity index (χ4n) is 2.78. The van der Waals surface area contributed by atoms with Crippen LogP contribution in [0, 0.1) is 5.92 Å². The maximum absolute atomic E-state index is 12.4. The minimum absolute atomic E-state index is 0.0111. The molecule has 25 heavy (non-hydrogen) atoms. The van der Waals surface area contributed by atoms with Crippen LogP contribution in [0.5, 0.6) is 5.75 Å². The molecule has 6 heteroatoms. The van der Waals surface area contributed by atoms with Gasteiger partial charge in [-0.25, -0.2) is 0 Å². The van der Waals surface area contributed by atoms with Crippen LogP contribution in [0.1, 0.15) is 62.3 Å². The van der Waals surface area contributed by atoms with Crippen LogP contribution in [0.15, 0.2) is 28.8 Å². The van der Waals surface area contributed by atoms with Gasteiger partial charge in [0, 0.05) is 18.8 Å². The Morgan fingerprint density at radius 1 is 1.32 bits per heavy atom. The first kappa shape index (κ1) is 17.5. The molecule has 0 bridgehead atoms. The number of rotatable bonds is 8. The average molecular weight is 343 g/mol. The monoisotopic (exact) mass is 343 g/mol. The van der Waals surface area contributed by atoms with E-state index in [0.717, 1.165) is 24.2 Å². The van der Waals surface area contributed by atoms with Gasteiger partial charge in [0.05, 0.1) is 13.2 Å². The van der Waals surface area contributed by atoms with E-state index in [1.165, 1.54) is 0 Å². The van der Waals surface area contributed by atoms with Gasteiger partial charge in [0.2, 0.25) is 11.8 Å². The molecule has 1 amide bonds. The van der Waals surface area contributed by atoms with Crippen molar-refractivity contribution in [2.75, 3.05) is 7.11 Å². The van der Waals surface area contributed by atoms with E-state index in [1.807, 2.05) is 38.1 Å². The van der Waals surface area contributed by atoms with Crippen molar-refractivity contribution in [1.82, 2.24) is 15.5 Å². The van der Waals surface area contributed by atoms with Crippen LogP contribution in [0.2, 0.25) is 0 Å². The van der Waals surface area contributed by atoms with Crippen molar-refractivity contribution >= 4 is 5.91 Å². The molecule has 1 aliphatic carbocycles. The third kappa shape index (κ3) is 4.59. The van der Waals surface area contributed by atoms with Crippen LogP contribution in [0.25, 0.3) is 0 Å². The molecule has 0 aliphatic heterocycles. The van der Waals surface area contributed by atoms with Crippen molar-refractivity contribution in [3.05, 3.63) is 41.5 Å². The molecule has 0 radical (unpaired) electrons. The molecule has 3 rings (SSSR count). The van der Waals surface area contributed by atoms with E-state index in [0.29, 0.717) is 30.5 Å². The summed E-state index contributed by atoms with van der Waals surface area (Å²) in [6, 6.07) is 7.97. The normalized spacial score (nSPS) is 15.2. The Hall–Kier alpha value is -2.37. The number of aryl methyl sites for hydroxylation is 1. The molecule has 134 valence electrons. The summed E-state index contributed by atoms with van der Waals surface area (Å²) >= 11 is 0. The van der Waals surface area contributed by atoms with Gasteiger partial charge in [-0.05, 0) is 36.5 Å². The van der Waals surface area contributed by atoms with Crippen molar-refractivity contribution in [3.63, 3.8) is 0 Å². The lowest BCUT2D eigenvalue weighted by Crippen LogP contribution is -2.30. The Morgan fingerprint density at radius 2 is 2.04 bits per heavy atom. The summed E-state index contributed by atoms with van der Waals surface area (Å²) in [5.74, 6) is 2.78. The number of benzene rings is 1. The average Bonchev–Trinajstić information content (AvgIpc) is 3.34. The number of amides is 1. The highest BCUT2D eigenvalue weighted by molar-refractivity contribution is 5.76. The summed E-state index contributed by atoms with van der Waals surface area (Å²) in [5.41, 5.74) is 1.12. The number of hydrogen-bond donors (Lipinski definition) is 1. The van der Waals surface area contributed by atoms with Crippen LogP contribution in [-0.2, 0) is 11.2 Å². The molecule has 1 fully saturated rings. The van der Waals surface area contributed by atoms with Crippen molar-refractivity contribution in [1.29, 1.82) is 0 Å². The van der Waals surface area contributed by atoms with Crippen molar-refractivity contribution in [2.45, 2.75) is 51.5 Å². The first-order valence-electron chi connectivity index (χ1n) is 8.82. The number of nitrogens with one attached hydrogen (secondary N) is 1. The van der Waals surface area contributed by atoms with E-state index in [1.54, 1.807) is 7.11 Å². The molecule has 1 N–H and O–H groups in total. The van der Waals surface area contributed by atoms with Gasteiger partial charge in [0.15, 0.2) is 5.82 Å². The van der Waals surface area contributed by atoms with Gasteiger partial charge in [-0.3, -0.25) is 4.79 Å². The molecule has 1 atom stereocenters. The summed E-state index contributed by atoms with van der Waals surface area (Å²) < 4.78 is 10.4. The van der Waals surface area contributed by atoms with Gasteiger partial charge in [0.1, 0.15) is 5.75 Å². The molecule has 1 heterocycles. The second-order valence-corrected chi connectivity index (χ2v) is 6.86. The minimum atomic E-state index is 0.0111. The van der Waals surface area contributed by atoms with Gasteiger partial charge < -0.3 is 14.6 Å². The van der Waals surface area contributed by atoms with Gasteiger partial charge in [-0.2, -0.15) is 4.98 Å². The molecule has 1 aliphatic rings. The van der Waals surface area contributed by atoms with Gasteiger partial charge >= 0.3 is 0 Å². The summed E-state index contributed by atoms with van der Waals surface area (Å²) in [7, 11) is 1.65. The Kier molecular flexibility index (Phi) is 5.36. The Balaban J connectivity index is 1.57. The van der Waals surface area contributed by atoms with E-state index < -0.39 is 0 Å². The SMILES string of the molecule is COc1ccc(C(NC(=O)CCc2nc(C(C)C)no2)C2CC2)cc1.